The van der Waals surface area contributed by atoms with E-state index in [1.54, 1.807) is 0 Å². The van der Waals surface area contributed by atoms with Crippen molar-refractivity contribution in [2.75, 3.05) is 11.9 Å². The summed E-state index contributed by atoms with van der Waals surface area (Å²) in [5.74, 6) is 0.753. The molecule has 0 aliphatic rings. The van der Waals surface area contributed by atoms with Crippen molar-refractivity contribution in [1.29, 1.82) is 0 Å². The van der Waals surface area contributed by atoms with E-state index in [-0.39, 0.29) is 24.3 Å². The van der Waals surface area contributed by atoms with Crippen LogP contribution in [0.4, 0.5) is 5.69 Å². The van der Waals surface area contributed by atoms with Crippen molar-refractivity contribution < 1.29 is 9.59 Å². The fraction of sp³-hybridized carbons (Fsp3) is 0.318. The summed E-state index contributed by atoms with van der Waals surface area (Å²) in [6.07, 6.45) is 1.44. The molecule has 0 unspecified atom stereocenters. The van der Waals surface area contributed by atoms with E-state index in [2.05, 4.69) is 26.6 Å². The van der Waals surface area contributed by atoms with Crippen molar-refractivity contribution in [3.63, 3.8) is 0 Å². The summed E-state index contributed by atoms with van der Waals surface area (Å²) in [5.41, 5.74) is 2.54. The predicted molar refractivity (Wildman–Crippen MR) is 119 cm³/mol. The highest BCUT2D eigenvalue weighted by Gasteiger charge is 2.14. The number of hydrogen-bond donors (Lipinski definition) is 2. The largest absolute Gasteiger partial charge is 0.356 e. The topological polar surface area (TPSA) is 76.0 Å². The first-order chi connectivity index (χ1) is 13.9. The molecule has 7 heteroatoms. The SMILES string of the molecule is CC(C)C(=O)NCCCc1nc2ccccc2n1CC(=O)Nc1cccc(Br)c1. The lowest BCUT2D eigenvalue weighted by Gasteiger charge is -2.11. The molecule has 2 N–H and O–H groups in total. The van der Waals surface area contributed by atoms with Gasteiger partial charge >= 0.3 is 0 Å². The molecule has 6 nitrogen and oxygen atoms in total. The van der Waals surface area contributed by atoms with E-state index in [1.807, 2.05) is 66.9 Å². The third-order valence-electron chi connectivity index (χ3n) is 4.54. The second-order valence-corrected chi connectivity index (χ2v) is 8.13. The van der Waals surface area contributed by atoms with Gasteiger partial charge in [-0.1, -0.05) is 48.0 Å². The number of imidazole rings is 1. The second kappa shape index (κ2) is 9.69. The maximum absolute atomic E-state index is 12.6. The minimum Gasteiger partial charge on any atom is -0.356 e. The zero-order valence-electron chi connectivity index (χ0n) is 16.6. The normalized spacial score (nSPS) is 11.0. The molecule has 1 heterocycles. The molecule has 3 aromatic rings. The van der Waals surface area contributed by atoms with Crippen LogP contribution in [0, 0.1) is 5.92 Å². The Labute approximate surface area is 178 Å². The van der Waals surface area contributed by atoms with Crippen LogP contribution in [0.25, 0.3) is 11.0 Å². The Morgan fingerprint density at radius 2 is 1.93 bits per heavy atom. The third-order valence-corrected chi connectivity index (χ3v) is 5.04. The summed E-state index contributed by atoms with van der Waals surface area (Å²) in [6, 6.07) is 15.3. The Morgan fingerprint density at radius 3 is 2.69 bits per heavy atom. The second-order valence-electron chi connectivity index (χ2n) is 7.21. The van der Waals surface area contributed by atoms with E-state index in [9.17, 15) is 9.59 Å². The van der Waals surface area contributed by atoms with Crippen LogP contribution in [0.2, 0.25) is 0 Å². The quantitative estimate of drug-likeness (QED) is 0.500. The molecule has 29 heavy (non-hydrogen) atoms. The molecule has 2 aromatic carbocycles. The van der Waals surface area contributed by atoms with Crippen LogP contribution in [-0.2, 0) is 22.6 Å². The van der Waals surface area contributed by atoms with Crippen LogP contribution < -0.4 is 10.6 Å². The number of carbonyl (C=O) groups excluding carboxylic acids is 2. The number of nitrogens with zero attached hydrogens (tertiary/aromatic N) is 2. The molecule has 0 aliphatic heterocycles. The van der Waals surface area contributed by atoms with E-state index in [0.29, 0.717) is 13.0 Å². The first-order valence-electron chi connectivity index (χ1n) is 9.71. The number of aromatic nitrogens is 2. The standard InChI is InChI=1S/C22H25BrN4O2/c1-15(2)22(29)24-12-6-11-20-26-18-9-3-4-10-19(18)27(20)14-21(28)25-17-8-5-7-16(23)13-17/h3-5,7-10,13,15H,6,11-12,14H2,1-2H3,(H,24,29)(H,25,28). The van der Waals surface area contributed by atoms with Gasteiger partial charge in [-0.25, -0.2) is 4.98 Å². The average molecular weight is 457 g/mol. The number of rotatable bonds is 8. The number of halogens is 1. The Balaban J connectivity index is 1.71. The molecule has 0 radical (unpaired) electrons. The number of anilines is 1. The number of benzene rings is 2. The van der Waals surface area contributed by atoms with Crippen LogP contribution >= 0.6 is 15.9 Å². The highest BCUT2D eigenvalue weighted by Crippen LogP contribution is 2.19. The lowest BCUT2D eigenvalue weighted by Crippen LogP contribution is -2.29. The van der Waals surface area contributed by atoms with E-state index in [1.165, 1.54) is 0 Å². The molecule has 0 bridgehead atoms. The summed E-state index contributed by atoms with van der Waals surface area (Å²) in [6.45, 7) is 4.52. The van der Waals surface area contributed by atoms with Crippen LogP contribution in [-0.4, -0.2) is 27.9 Å². The van der Waals surface area contributed by atoms with Crippen molar-refractivity contribution in [3.05, 3.63) is 58.8 Å². The van der Waals surface area contributed by atoms with Crippen LogP contribution in [0.1, 0.15) is 26.1 Å². The van der Waals surface area contributed by atoms with Crippen molar-refractivity contribution in [2.24, 2.45) is 5.92 Å². The number of para-hydroxylation sites is 2. The molecule has 0 atom stereocenters. The van der Waals surface area contributed by atoms with E-state index in [0.717, 1.165) is 33.4 Å². The number of carbonyl (C=O) groups is 2. The molecule has 152 valence electrons. The molecule has 0 aliphatic carbocycles. The van der Waals surface area contributed by atoms with Gasteiger partial charge in [-0.05, 0) is 36.8 Å². The average Bonchev–Trinajstić information content (AvgIpc) is 3.02. The number of nitrogens with one attached hydrogen (secondary N) is 2. The Kier molecular flexibility index (Phi) is 7.04. The highest BCUT2D eigenvalue weighted by molar-refractivity contribution is 9.10. The number of amides is 2. The fourth-order valence-electron chi connectivity index (χ4n) is 3.07. The first-order valence-corrected chi connectivity index (χ1v) is 10.5. The van der Waals surface area contributed by atoms with Gasteiger partial charge in [0.25, 0.3) is 0 Å². The molecule has 0 saturated carbocycles. The molecule has 3 rings (SSSR count). The number of aryl methyl sites for hydroxylation is 1. The Morgan fingerprint density at radius 1 is 1.14 bits per heavy atom. The molecule has 0 fully saturated rings. The van der Waals surface area contributed by atoms with Crippen LogP contribution in [0.3, 0.4) is 0 Å². The summed E-state index contributed by atoms with van der Waals surface area (Å²) in [4.78, 5) is 29.1. The Hall–Kier alpha value is -2.67. The number of fused-ring (bicyclic) bond motifs is 1. The van der Waals surface area contributed by atoms with Gasteiger partial charge in [0, 0.05) is 29.0 Å². The van der Waals surface area contributed by atoms with Crippen molar-refractivity contribution in [3.8, 4) is 0 Å². The first kappa shape index (κ1) is 21.0. The summed E-state index contributed by atoms with van der Waals surface area (Å²) in [7, 11) is 0. The monoisotopic (exact) mass is 456 g/mol. The zero-order chi connectivity index (χ0) is 20.8. The molecule has 0 spiro atoms. The lowest BCUT2D eigenvalue weighted by atomic mass is 10.2. The minimum atomic E-state index is -0.111. The highest BCUT2D eigenvalue weighted by atomic mass is 79.9. The van der Waals surface area contributed by atoms with Gasteiger partial charge in [0.15, 0.2) is 0 Å². The minimum absolute atomic E-state index is 0.0266. The molecule has 1 aromatic heterocycles. The van der Waals surface area contributed by atoms with Crippen LogP contribution in [0.15, 0.2) is 53.0 Å². The van der Waals surface area contributed by atoms with Crippen LogP contribution in [0.5, 0.6) is 0 Å². The maximum atomic E-state index is 12.6. The lowest BCUT2D eigenvalue weighted by molar-refractivity contribution is -0.124. The molecular formula is C22H25BrN4O2. The fourth-order valence-corrected chi connectivity index (χ4v) is 3.46. The Bertz CT molecular complexity index is 1010. The van der Waals surface area contributed by atoms with E-state index in [4.69, 9.17) is 4.98 Å². The van der Waals surface area contributed by atoms with Gasteiger partial charge in [-0.2, -0.15) is 0 Å². The molecule has 2 amide bonds. The number of hydrogen-bond acceptors (Lipinski definition) is 3. The van der Waals surface area contributed by atoms with Gasteiger partial charge in [0.2, 0.25) is 11.8 Å². The van der Waals surface area contributed by atoms with E-state index >= 15 is 0 Å². The zero-order valence-corrected chi connectivity index (χ0v) is 18.2. The summed E-state index contributed by atoms with van der Waals surface area (Å²) < 4.78 is 2.86. The van der Waals surface area contributed by atoms with Crippen molar-refractivity contribution in [1.82, 2.24) is 14.9 Å². The van der Waals surface area contributed by atoms with Gasteiger partial charge in [-0.3, -0.25) is 9.59 Å². The van der Waals surface area contributed by atoms with Gasteiger partial charge in [0.05, 0.1) is 11.0 Å². The van der Waals surface area contributed by atoms with E-state index < -0.39 is 0 Å². The summed E-state index contributed by atoms with van der Waals surface area (Å²) in [5, 5.41) is 5.86. The van der Waals surface area contributed by atoms with Crippen molar-refractivity contribution >= 4 is 44.5 Å². The van der Waals surface area contributed by atoms with Gasteiger partial charge in [0.1, 0.15) is 12.4 Å². The smallest absolute Gasteiger partial charge is 0.244 e. The summed E-state index contributed by atoms with van der Waals surface area (Å²) >= 11 is 3.41. The third kappa shape index (κ3) is 5.67. The molecular weight excluding hydrogens is 432 g/mol. The van der Waals surface area contributed by atoms with Gasteiger partial charge in [-0.15, -0.1) is 0 Å². The van der Waals surface area contributed by atoms with Gasteiger partial charge < -0.3 is 15.2 Å². The predicted octanol–water partition coefficient (Wildman–Crippen LogP) is 4.14. The molecule has 0 saturated heterocycles. The van der Waals surface area contributed by atoms with Crippen molar-refractivity contribution in [2.45, 2.75) is 33.2 Å². The maximum Gasteiger partial charge on any atom is 0.244 e.